The van der Waals surface area contributed by atoms with Crippen molar-refractivity contribution in [2.75, 3.05) is 39.9 Å². The van der Waals surface area contributed by atoms with Gasteiger partial charge in [-0.3, -0.25) is 10.1 Å². The first-order valence-electron chi connectivity index (χ1n) is 5.51. The van der Waals surface area contributed by atoms with Crippen molar-refractivity contribution in [2.45, 2.75) is 6.92 Å². The number of rotatable bonds is 8. The third-order valence-corrected chi connectivity index (χ3v) is 2.03. The van der Waals surface area contributed by atoms with Crippen molar-refractivity contribution in [1.29, 1.82) is 0 Å². The molecular weight excluding hydrogens is 242 g/mol. The summed E-state index contributed by atoms with van der Waals surface area (Å²) in [4.78, 5) is 34.4. The van der Waals surface area contributed by atoms with Gasteiger partial charge in [0.2, 0.25) is 0 Å². The minimum absolute atomic E-state index is 0.416. The molecule has 0 saturated heterocycles. The number of urea groups is 1. The molecule has 3 amide bonds. The fourth-order valence-corrected chi connectivity index (χ4v) is 0.956. The molecule has 0 aliphatic carbocycles. The summed E-state index contributed by atoms with van der Waals surface area (Å²) in [6.07, 6.45) is 0. The summed E-state index contributed by atoms with van der Waals surface area (Å²) in [5.41, 5.74) is 0. The minimum Gasteiger partial charge on any atom is -0.480 e. The number of hydrogen-bond donors (Lipinski definition) is 3. The van der Waals surface area contributed by atoms with Gasteiger partial charge in [0.25, 0.3) is 5.91 Å². The smallest absolute Gasteiger partial charge is 0.329 e. The van der Waals surface area contributed by atoms with Crippen molar-refractivity contribution >= 4 is 17.9 Å². The fraction of sp³-hybridized carbons (Fsp3) is 0.700. The van der Waals surface area contributed by atoms with Gasteiger partial charge in [-0.2, -0.15) is 0 Å². The van der Waals surface area contributed by atoms with E-state index in [1.165, 1.54) is 0 Å². The maximum atomic E-state index is 11.2. The van der Waals surface area contributed by atoms with E-state index in [0.717, 1.165) is 6.54 Å². The quantitative estimate of drug-likeness (QED) is 0.510. The fourth-order valence-electron chi connectivity index (χ4n) is 0.956. The molecule has 0 aliphatic heterocycles. The first kappa shape index (κ1) is 16.3. The highest BCUT2D eigenvalue weighted by molar-refractivity contribution is 5.94. The van der Waals surface area contributed by atoms with Gasteiger partial charge in [0.15, 0.2) is 0 Å². The second-order valence-electron chi connectivity index (χ2n) is 3.59. The van der Waals surface area contributed by atoms with Crippen molar-refractivity contribution in [3.05, 3.63) is 0 Å². The van der Waals surface area contributed by atoms with Gasteiger partial charge in [-0.15, -0.1) is 0 Å². The van der Waals surface area contributed by atoms with E-state index in [1.807, 2.05) is 24.2 Å². The molecule has 0 atom stereocenters. The van der Waals surface area contributed by atoms with Gasteiger partial charge >= 0.3 is 12.0 Å². The lowest BCUT2D eigenvalue weighted by Crippen LogP contribution is -2.43. The van der Waals surface area contributed by atoms with Gasteiger partial charge in [-0.25, -0.2) is 9.59 Å². The lowest BCUT2D eigenvalue weighted by molar-refractivity contribution is -0.143. The summed E-state index contributed by atoms with van der Waals surface area (Å²) in [5, 5.41) is 12.8. The minimum atomic E-state index is -1.17. The lowest BCUT2D eigenvalue weighted by atomic mass is 10.5. The van der Waals surface area contributed by atoms with Gasteiger partial charge in [-0.05, 0) is 13.6 Å². The number of imide groups is 1. The van der Waals surface area contributed by atoms with Crippen LogP contribution in [-0.2, 0) is 14.3 Å². The molecule has 0 heterocycles. The standard InChI is InChI=1S/C10H19N3O5/c1-3-13(2)5-4-11-10(17)12-8(14)6-18-7-9(15)16/h3-7H2,1-2H3,(H,15,16)(H2,11,12,14,17). The summed E-state index contributed by atoms with van der Waals surface area (Å²) in [5.74, 6) is -1.85. The number of amides is 3. The molecule has 104 valence electrons. The molecular formula is C10H19N3O5. The summed E-state index contributed by atoms with van der Waals surface area (Å²) >= 11 is 0. The van der Waals surface area contributed by atoms with E-state index in [2.05, 4.69) is 10.1 Å². The van der Waals surface area contributed by atoms with Crippen LogP contribution in [0.15, 0.2) is 0 Å². The number of likely N-dealkylation sites (N-methyl/N-ethyl adjacent to an activating group) is 1. The van der Waals surface area contributed by atoms with E-state index in [9.17, 15) is 14.4 Å². The zero-order chi connectivity index (χ0) is 14.0. The highest BCUT2D eigenvalue weighted by Gasteiger charge is 2.08. The summed E-state index contributed by atoms with van der Waals surface area (Å²) in [7, 11) is 1.91. The maximum absolute atomic E-state index is 11.2. The Hall–Kier alpha value is -1.67. The number of nitrogens with zero attached hydrogens (tertiary/aromatic N) is 1. The zero-order valence-electron chi connectivity index (χ0n) is 10.6. The van der Waals surface area contributed by atoms with Gasteiger partial charge < -0.3 is 20.1 Å². The number of carboxylic acid groups (broad SMARTS) is 1. The molecule has 3 N–H and O–H groups in total. The monoisotopic (exact) mass is 261 g/mol. The number of ether oxygens (including phenoxy) is 1. The average Bonchev–Trinajstić information content (AvgIpc) is 2.28. The number of hydrogen-bond acceptors (Lipinski definition) is 5. The van der Waals surface area contributed by atoms with Gasteiger partial charge in [-0.1, -0.05) is 6.92 Å². The normalized spacial score (nSPS) is 10.2. The van der Waals surface area contributed by atoms with Crippen LogP contribution in [0.3, 0.4) is 0 Å². The number of carbonyl (C=O) groups excluding carboxylic acids is 2. The molecule has 0 unspecified atom stereocenters. The molecule has 0 fully saturated rings. The van der Waals surface area contributed by atoms with Crippen molar-refractivity contribution in [1.82, 2.24) is 15.5 Å². The Labute approximate surface area is 105 Å². The second kappa shape index (κ2) is 9.37. The zero-order valence-corrected chi connectivity index (χ0v) is 10.6. The van der Waals surface area contributed by atoms with E-state index in [4.69, 9.17) is 5.11 Å². The third-order valence-electron chi connectivity index (χ3n) is 2.03. The van der Waals surface area contributed by atoms with Crippen LogP contribution in [0.1, 0.15) is 6.92 Å². The summed E-state index contributed by atoms with van der Waals surface area (Å²) in [6, 6.07) is -0.622. The van der Waals surface area contributed by atoms with Crippen LogP contribution in [0.5, 0.6) is 0 Å². The largest absolute Gasteiger partial charge is 0.480 e. The highest BCUT2D eigenvalue weighted by Crippen LogP contribution is 1.79. The van der Waals surface area contributed by atoms with E-state index in [1.54, 1.807) is 0 Å². The molecule has 0 spiro atoms. The van der Waals surface area contributed by atoms with Crippen LogP contribution in [-0.4, -0.2) is 67.8 Å². The van der Waals surface area contributed by atoms with Gasteiger partial charge in [0.05, 0.1) is 0 Å². The molecule has 0 aliphatic rings. The van der Waals surface area contributed by atoms with Crippen molar-refractivity contribution < 1.29 is 24.2 Å². The second-order valence-corrected chi connectivity index (χ2v) is 3.59. The number of carbonyl (C=O) groups is 3. The third kappa shape index (κ3) is 9.55. The van der Waals surface area contributed by atoms with Crippen LogP contribution < -0.4 is 10.6 Å². The van der Waals surface area contributed by atoms with Crippen LogP contribution in [0.25, 0.3) is 0 Å². The molecule has 0 saturated carbocycles. The Kier molecular flexibility index (Phi) is 8.50. The Morgan fingerprint density at radius 1 is 1.28 bits per heavy atom. The molecule has 0 aromatic carbocycles. The number of carboxylic acids is 1. The summed E-state index contributed by atoms with van der Waals surface area (Å²) in [6.45, 7) is 2.91. The number of nitrogens with one attached hydrogen (secondary N) is 2. The first-order chi connectivity index (χ1) is 8.45. The SMILES string of the molecule is CCN(C)CCNC(=O)NC(=O)COCC(=O)O. The number of aliphatic carboxylic acids is 1. The predicted molar refractivity (Wildman–Crippen MR) is 63.2 cm³/mol. The molecule has 0 rings (SSSR count). The first-order valence-corrected chi connectivity index (χ1v) is 5.51. The van der Waals surface area contributed by atoms with Crippen molar-refractivity contribution in [3.8, 4) is 0 Å². The van der Waals surface area contributed by atoms with Crippen molar-refractivity contribution in [3.63, 3.8) is 0 Å². The van der Waals surface area contributed by atoms with Crippen molar-refractivity contribution in [2.24, 2.45) is 0 Å². The van der Waals surface area contributed by atoms with Crippen LogP contribution >= 0.6 is 0 Å². The van der Waals surface area contributed by atoms with Crippen LogP contribution in [0.2, 0.25) is 0 Å². The molecule has 0 bridgehead atoms. The van der Waals surface area contributed by atoms with Crippen LogP contribution in [0.4, 0.5) is 4.79 Å². The Morgan fingerprint density at radius 3 is 2.50 bits per heavy atom. The molecule has 18 heavy (non-hydrogen) atoms. The van der Waals surface area contributed by atoms with E-state index in [-0.39, 0.29) is 0 Å². The topological polar surface area (TPSA) is 108 Å². The maximum Gasteiger partial charge on any atom is 0.329 e. The van der Waals surface area contributed by atoms with E-state index < -0.39 is 31.1 Å². The Morgan fingerprint density at radius 2 is 1.94 bits per heavy atom. The average molecular weight is 261 g/mol. The molecule has 0 aromatic heterocycles. The van der Waals surface area contributed by atoms with Gasteiger partial charge in [0.1, 0.15) is 13.2 Å². The lowest BCUT2D eigenvalue weighted by Gasteiger charge is -2.13. The summed E-state index contributed by atoms with van der Waals surface area (Å²) < 4.78 is 4.52. The Bertz CT molecular complexity index is 295. The predicted octanol–water partition coefficient (Wildman–Crippen LogP) is -1.13. The Balaban J connectivity index is 3.61. The highest BCUT2D eigenvalue weighted by atomic mass is 16.5. The molecule has 8 nitrogen and oxygen atoms in total. The van der Waals surface area contributed by atoms with Gasteiger partial charge in [0, 0.05) is 13.1 Å². The molecule has 0 radical (unpaired) electrons. The van der Waals surface area contributed by atoms with E-state index >= 15 is 0 Å². The molecule has 0 aromatic rings. The molecule has 8 heteroatoms. The van der Waals surface area contributed by atoms with Crippen LogP contribution in [0, 0.1) is 0 Å². The van der Waals surface area contributed by atoms with E-state index in [0.29, 0.717) is 13.1 Å².